The third kappa shape index (κ3) is 2.46. The van der Waals surface area contributed by atoms with Gasteiger partial charge in [0.15, 0.2) is 5.96 Å². The Bertz CT molecular complexity index is 464. The summed E-state index contributed by atoms with van der Waals surface area (Å²) >= 11 is 0. The van der Waals surface area contributed by atoms with E-state index in [-0.39, 0.29) is 5.54 Å². The molecule has 2 N–H and O–H groups in total. The lowest BCUT2D eigenvalue weighted by Crippen LogP contribution is -2.50. The molecule has 0 bridgehead atoms. The molecule has 1 aromatic carbocycles. The summed E-state index contributed by atoms with van der Waals surface area (Å²) in [5.74, 6) is 1.59. The lowest BCUT2D eigenvalue weighted by molar-refractivity contribution is 0.138. The standard InChI is InChI=1S/C16H23N3/c1-16(10-13-8-5-9-13)12-18-15(17)19(16)11-14-6-3-2-4-7-14/h2-4,6-7,13H,5,8-12H2,1H3,(H2,17,18). The van der Waals surface area contributed by atoms with Crippen LogP contribution >= 0.6 is 0 Å². The SMILES string of the molecule is CC1(CC2CCC2)CN=C(N)N1Cc1ccccc1. The molecule has 1 heterocycles. The van der Waals surface area contributed by atoms with Gasteiger partial charge in [-0.05, 0) is 24.8 Å². The van der Waals surface area contributed by atoms with Crippen LogP contribution in [0.2, 0.25) is 0 Å². The van der Waals surface area contributed by atoms with E-state index >= 15 is 0 Å². The van der Waals surface area contributed by atoms with E-state index in [9.17, 15) is 0 Å². The number of rotatable bonds is 4. The van der Waals surface area contributed by atoms with Gasteiger partial charge in [-0.3, -0.25) is 4.99 Å². The second-order valence-corrected chi connectivity index (χ2v) is 6.24. The minimum absolute atomic E-state index is 0.116. The number of aliphatic imine (C=N–C) groups is 1. The highest BCUT2D eigenvalue weighted by molar-refractivity contribution is 5.80. The first kappa shape index (κ1) is 12.5. The van der Waals surface area contributed by atoms with Crippen LogP contribution in [0.5, 0.6) is 0 Å². The van der Waals surface area contributed by atoms with Crippen LogP contribution in [0.25, 0.3) is 0 Å². The average molecular weight is 257 g/mol. The maximum absolute atomic E-state index is 6.11. The molecule has 0 amide bonds. The average Bonchev–Trinajstić information content (AvgIpc) is 2.64. The van der Waals surface area contributed by atoms with Crippen molar-refractivity contribution in [3.63, 3.8) is 0 Å². The summed E-state index contributed by atoms with van der Waals surface area (Å²) in [5.41, 5.74) is 7.54. The molecule has 19 heavy (non-hydrogen) atoms. The van der Waals surface area contributed by atoms with E-state index in [1.807, 2.05) is 0 Å². The molecule has 1 unspecified atom stereocenters. The molecule has 0 aromatic heterocycles. The van der Waals surface area contributed by atoms with E-state index in [1.165, 1.54) is 31.2 Å². The van der Waals surface area contributed by atoms with Crippen LogP contribution < -0.4 is 5.73 Å². The Morgan fingerprint density at radius 2 is 2.05 bits per heavy atom. The summed E-state index contributed by atoms with van der Waals surface area (Å²) in [6, 6.07) is 10.5. The van der Waals surface area contributed by atoms with Gasteiger partial charge < -0.3 is 10.6 Å². The van der Waals surface area contributed by atoms with Crippen molar-refractivity contribution < 1.29 is 0 Å². The Hall–Kier alpha value is -1.51. The fourth-order valence-corrected chi connectivity index (χ4v) is 3.23. The van der Waals surface area contributed by atoms with Crippen LogP contribution in [0, 0.1) is 5.92 Å². The molecule has 3 rings (SSSR count). The van der Waals surface area contributed by atoms with Crippen molar-refractivity contribution in [1.29, 1.82) is 0 Å². The minimum atomic E-state index is 0.116. The first-order valence-corrected chi connectivity index (χ1v) is 7.29. The van der Waals surface area contributed by atoms with Gasteiger partial charge in [-0.25, -0.2) is 0 Å². The molecule has 1 atom stereocenters. The zero-order valence-electron chi connectivity index (χ0n) is 11.7. The first-order valence-electron chi connectivity index (χ1n) is 7.29. The minimum Gasteiger partial charge on any atom is -0.370 e. The molecule has 1 saturated carbocycles. The van der Waals surface area contributed by atoms with E-state index < -0.39 is 0 Å². The van der Waals surface area contributed by atoms with Gasteiger partial charge in [-0.15, -0.1) is 0 Å². The molecule has 102 valence electrons. The Kier molecular flexibility index (Phi) is 3.21. The molecular weight excluding hydrogens is 234 g/mol. The maximum Gasteiger partial charge on any atom is 0.192 e. The van der Waals surface area contributed by atoms with E-state index in [0.717, 1.165) is 19.0 Å². The molecule has 3 heteroatoms. The Labute approximate surface area is 115 Å². The quantitative estimate of drug-likeness (QED) is 0.901. The largest absolute Gasteiger partial charge is 0.370 e. The molecule has 0 spiro atoms. The topological polar surface area (TPSA) is 41.6 Å². The highest BCUT2D eigenvalue weighted by Gasteiger charge is 2.40. The summed E-state index contributed by atoms with van der Waals surface area (Å²) in [6.45, 7) is 4.04. The zero-order chi connectivity index (χ0) is 13.3. The van der Waals surface area contributed by atoms with E-state index in [2.05, 4.69) is 47.1 Å². The summed E-state index contributed by atoms with van der Waals surface area (Å²) in [4.78, 5) is 6.80. The lowest BCUT2D eigenvalue weighted by Gasteiger charge is -2.41. The van der Waals surface area contributed by atoms with Crippen molar-refractivity contribution in [3.8, 4) is 0 Å². The van der Waals surface area contributed by atoms with Crippen molar-refractivity contribution in [2.45, 2.75) is 44.7 Å². The highest BCUT2D eigenvalue weighted by Crippen LogP contribution is 2.38. The molecule has 0 saturated heterocycles. The molecule has 1 aliphatic heterocycles. The van der Waals surface area contributed by atoms with Crippen LogP contribution in [-0.2, 0) is 6.54 Å². The zero-order valence-corrected chi connectivity index (χ0v) is 11.7. The summed E-state index contributed by atoms with van der Waals surface area (Å²) in [5, 5.41) is 0. The fraction of sp³-hybridized carbons (Fsp3) is 0.562. The van der Waals surface area contributed by atoms with Crippen LogP contribution in [0.4, 0.5) is 0 Å². The van der Waals surface area contributed by atoms with Gasteiger partial charge in [-0.2, -0.15) is 0 Å². The predicted octanol–water partition coefficient (Wildman–Crippen LogP) is 2.77. The molecule has 1 aromatic rings. The van der Waals surface area contributed by atoms with Crippen molar-refractivity contribution in [2.75, 3.05) is 6.54 Å². The number of hydrogen-bond donors (Lipinski definition) is 1. The molecule has 3 nitrogen and oxygen atoms in total. The number of nitrogens with two attached hydrogens (primary N) is 1. The van der Waals surface area contributed by atoms with Crippen LogP contribution in [0.1, 0.15) is 38.2 Å². The normalized spacial score (nSPS) is 27.2. The van der Waals surface area contributed by atoms with Gasteiger partial charge in [0, 0.05) is 6.54 Å². The second-order valence-electron chi connectivity index (χ2n) is 6.24. The molecule has 1 aliphatic carbocycles. The van der Waals surface area contributed by atoms with Gasteiger partial charge in [0.2, 0.25) is 0 Å². The third-order valence-electron chi connectivity index (χ3n) is 4.65. The van der Waals surface area contributed by atoms with Crippen LogP contribution in [-0.4, -0.2) is 22.9 Å². The maximum atomic E-state index is 6.11. The monoisotopic (exact) mass is 257 g/mol. The number of guanidine groups is 1. The lowest BCUT2D eigenvalue weighted by atomic mass is 9.76. The molecule has 2 aliphatic rings. The van der Waals surface area contributed by atoms with Crippen LogP contribution in [0.15, 0.2) is 35.3 Å². The Balaban J connectivity index is 1.74. The first-order chi connectivity index (χ1) is 9.17. The van der Waals surface area contributed by atoms with Gasteiger partial charge in [-0.1, -0.05) is 49.6 Å². The summed E-state index contributed by atoms with van der Waals surface area (Å²) in [7, 11) is 0. The second kappa shape index (κ2) is 4.87. The van der Waals surface area contributed by atoms with Gasteiger partial charge in [0.1, 0.15) is 0 Å². The fourth-order valence-electron chi connectivity index (χ4n) is 3.23. The van der Waals surface area contributed by atoms with Crippen molar-refractivity contribution in [1.82, 2.24) is 4.90 Å². The highest BCUT2D eigenvalue weighted by atomic mass is 15.3. The van der Waals surface area contributed by atoms with E-state index in [1.54, 1.807) is 0 Å². The third-order valence-corrected chi connectivity index (χ3v) is 4.65. The van der Waals surface area contributed by atoms with Crippen molar-refractivity contribution >= 4 is 5.96 Å². The Morgan fingerprint density at radius 3 is 2.68 bits per heavy atom. The summed E-state index contributed by atoms with van der Waals surface area (Å²) < 4.78 is 0. The predicted molar refractivity (Wildman–Crippen MR) is 78.8 cm³/mol. The van der Waals surface area contributed by atoms with Crippen molar-refractivity contribution in [2.24, 2.45) is 16.6 Å². The molecule has 1 fully saturated rings. The van der Waals surface area contributed by atoms with Gasteiger partial charge in [0.25, 0.3) is 0 Å². The van der Waals surface area contributed by atoms with Gasteiger partial charge >= 0.3 is 0 Å². The van der Waals surface area contributed by atoms with E-state index in [4.69, 9.17) is 5.73 Å². The molecular formula is C16H23N3. The Morgan fingerprint density at radius 1 is 1.32 bits per heavy atom. The number of hydrogen-bond acceptors (Lipinski definition) is 3. The smallest absolute Gasteiger partial charge is 0.192 e. The molecule has 0 radical (unpaired) electrons. The number of nitrogens with zero attached hydrogens (tertiary/aromatic N) is 2. The van der Waals surface area contributed by atoms with E-state index in [0.29, 0.717) is 5.96 Å². The van der Waals surface area contributed by atoms with Gasteiger partial charge in [0.05, 0.1) is 12.1 Å². The summed E-state index contributed by atoms with van der Waals surface area (Å²) in [6.07, 6.45) is 5.39. The van der Waals surface area contributed by atoms with Crippen molar-refractivity contribution in [3.05, 3.63) is 35.9 Å². The van der Waals surface area contributed by atoms with Crippen LogP contribution in [0.3, 0.4) is 0 Å². The number of benzene rings is 1.